The monoisotopic (exact) mass is 391 g/mol. The van der Waals surface area contributed by atoms with E-state index >= 15 is 0 Å². The summed E-state index contributed by atoms with van der Waals surface area (Å²) in [7, 11) is 1.99. The molecule has 2 unspecified atom stereocenters. The average molecular weight is 392 g/mol. The molecule has 7 nitrogen and oxygen atoms in total. The van der Waals surface area contributed by atoms with Gasteiger partial charge in [-0.05, 0) is 58.0 Å². The van der Waals surface area contributed by atoms with Crippen molar-refractivity contribution in [1.82, 2.24) is 30.3 Å². The van der Waals surface area contributed by atoms with Crippen LogP contribution < -0.4 is 10.6 Å². The lowest BCUT2D eigenvalue weighted by molar-refractivity contribution is 0.266. The number of aromatic nitrogens is 3. The quantitative estimate of drug-likeness (QED) is 0.527. The van der Waals surface area contributed by atoms with Crippen LogP contribution in [0.5, 0.6) is 0 Å². The third-order valence-electron chi connectivity index (χ3n) is 5.68. The van der Waals surface area contributed by atoms with Gasteiger partial charge in [-0.25, -0.2) is 4.99 Å². The highest BCUT2D eigenvalue weighted by atomic mass is 15.3. The van der Waals surface area contributed by atoms with Crippen molar-refractivity contribution in [1.29, 1.82) is 0 Å². The van der Waals surface area contributed by atoms with Gasteiger partial charge in [0.1, 0.15) is 12.4 Å². The molecule has 1 saturated heterocycles. The second-order valence-electron chi connectivity index (χ2n) is 9.34. The lowest BCUT2D eigenvalue weighted by Crippen LogP contribution is -2.47. The van der Waals surface area contributed by atoms with Gasteiger partial charge in [0.2, 0.25) is 0 Å². The van der Waals surface area contributed by atoms with Crippen molar-refractivity contribution >= 4 is 5.96 Å². The molecule has 0 spiro atoms. The van der Waals surface area contributed by atoms with Crippen LogP contribution in [-0.4, -0.2) is 57.3 Å². The molecule has 2 heterocycles. The number of guanidine groups is 1. The fourth-order valence-corrected chi connectivity index (χ4v) is 3.60. The molecule has 0 aliphatic carbocycles. The Morgan fingerprint density at radius 3 is 2.68 bits per heavy atom. The van der Waals surface area contributed by atoms with Gasteiger partial charge in [0.05, 0.1) is 0 Å². The van der Waals surface area contributed by atoms with Crippen molar-refractivity contribution in [2.24, 2.45) is 17.5 Å². The van der Waals surface area contributed by atoms with E-state index in [1.807, 2.05) is 18.5 Å². The maximum atomic E-state index is 4.82. The molecule has 2 rings (SSSR count). The number of likely N-dealkylation sites (N-methyl/N-ethyl adjacent to an activating group) is 1. The molecule has 2 N–H and O–H groups in total. The lowest BCUT2D eigenvalue weighted by atomic mass is 9.89. The maximum Gasteiger partial charge on any atom is 0.191 e. The van der Waals surface area contributed by atoms with Gasteiger partial charge in [0, 0.05) is 25.7 Å². The van der Waals surface area contributed by atoms with Crippen LogP contribution in [0.4, 0.5) is 0 Å². The van der Waals surface area contributed by atoms with E-state index < -0.39 is 0 Å². The Morgan fingerprint density at radius 1 is 1.32 bits per heavy atom. The molecule has 0 aromatic carbocycles. The molecule has 0 bridgehead atoms. The molecule has 28 heavy (non-hydrogen) atoms. The topological polar surface area (TPSA) is 70.4 Å². The summed E-state index contributed by atoms with van der Waals surface area (Å²) in [6, 6.07) is 0.969. The fraction of sp³-hybridized carbons (Fsp3) is 0.857. The summed E-state index contributed by atoms with van der Waals surface area (Å²) >= 11 is 0. The zero-order valence-corrected chi connectivity index (χ0v) is 19.0. The fourth-order valence-electron chi connectivity index (χ4n) is 3.60. The van der Waals surface area contributed by atoms with Gasteiger partial charge in [-0.15, -0.1) is 10.2 Å². The Morgan fingerprint density at radius 2 is 2.07 bits per heavy atom. The van der Waals surface area contributed by atoms with Crippen LogP contribution in [0.25, 0.3) is 0 Å². The van der Waals surface area contributed by atoms with Crippen LogP contribution in [-0.2, 0) is 13.6 Å². The molecule has 1 fully saturated rings. The molecule has 0 amide bonds. The van der Waals surface area contributed by atoms with Gasteiger partial charge in [0.15, 0.2) is 11.8 Å². The van der Waals surface area contributed by atoms with Crippen LogP contribution in [0.1, 0.15) is 72.0 Å². The minimum absolute atomic E-state index is 0.350. The Bertz CT molecular complexity index is 629. The Labute approximate surface area is 171 Å². The molecule has 7 heteroatoms. The van der Waals surface area contributed by atoms with Crippen molar-refractivity contribution in [2.75, 3.05) is 19.6 Å². The zero-order valence-electron chi connectivity index (χ0n) is 19.0. The third kappa shape index (κ3) is 7.08. The molecule has 1 aromatic heterocycles. The SMILES string of the molecule is CCN1CCCC1CNC(=NCc1nnc(C)n1C)NC(C)CCC(C)(C)C. The summed E-state index contributed by atoms with van der Waals surface area (Å²) < 4.78 is 2.00. The first-order chi connectivity index (χ1) is 13.2. The molecular weight excluding hydrogens is 350 g/mol. The van der Waals surface area contributed by atoms with Crippen molar-refractivity contribution in [3.8, 4) is 0 Å². The molecule has 1 aliphatic heterocycles. The van der Waals surface area contributed by atoms with E-state index in [2.05, 4.69) is 60.3 Å². The van der Waals surface area contributed by atoms with Gasteiger partial charge in [0.25, 0.3) is 0 Å². The highest BCUT2D eigenvalue weighted by molar-refractivity contribution is 5.80. The van der Waals surface area contributed by atoms with Crippen LogP contribution in [0, 0.1) is 12.3 Å². The van der Waals surface area contributed by atoms with Crippen molar-refractivity contribution in [3.63, 3.8) is 0 Å². The summed E-state index contributed by atoms with van der Waals surface area (Å²) in [6.07, 6.45) is 4.86. The smallest absolute Gasteiger partial charge is 0.191 e. The van der Waals surface area contributed by atoms with Gasteiger partial charge >= 0.3 is 0 Å². The summed E-state index contributed by atoms with van der Waals surface area (Å²) in [5, 5.41) is 15.6. The van der Waals surface area contributed by atoms with Crippen LogP contribution in [0.2, 0.25) is 0 Å². The number of nitrogens with one attached hydrogen (secondary N) is 2. The van der Waals surface area contributed by atoms with Crippen LogP contribution in [0.3, 0.4) is 0 Å². The van der Waals surface area contributed by atoms with Gasteiger partial charge in [-0.3, -0.25) is 4.90 Å². The molecule has 1 aliphatic rings. The van der Waals surface area contributed by atoms with E-state index in [0.29, 0.717) is 24.0 Å². The minimum atomic E-state index is 0.350. The standard InChI is InChI=1S/C21H41N7/c1-8-28-13-9-10-18(28)14-22-20(24-16(2)11-12-21(4,5)6)23-15-19-26-25-17(3)27(19)7/h16,18H,8-15H2,1-7H3,(H2,22,23,24). The Kier molecular flexibility index (Phi) is 8.28. The summed E-state index contributed by atoms with van der Waals surface area (Å²) in [4.78, 5) is 7.37. The number of nitrogens with zero attached hydrogens (tertiary/aromatic N) is 5. The number of aryl methyl sites for hydroxylation is 1. The Hall–Kier alpha value is -1.63. The molecule has 2 atom stereocenters. The molecule has 0 radical (unpaired) electrons. The van der Waals surface area contributed by atoms with Crippen LogP contribution in [0.15, 0.2) is 4.99 Å². The predicted molar refractivity (Wildman–Crippen MR) is 116 cm³/mol. The average Bonchev–Trinajstić information content (AvgIpc) is 3.22. The van der Waals surface area contributed by atoms with E-state index in [1.165, 1.54) is 25.8 Å². The van der Waals surface area contributed by atoms with Crippen molar-refractivity contribution < 1.29 is 0 Å². The highest BCUT2D eigenvalue weighted by Crippen LogP contribution is 2.21. The van der Waals surface area contributed by atoms with E-state index in [0.717, 1.165) is 37.1 Å². The summed E-state index contributed by atoms with van der Waals surface area (Å²) in [5.41, 5.74) is 0.350. The van der Waals surface area contributed by atoms with E-state index in [-0.39, 0.29) is 0 Å². The number of aliphatic imine (C=N–C) groups is 1. The number of hydrogen-bond donors (Lipinski definition) is 2. The summed E-state index contributed by atoms with van der Waals surface area (Å²) in [5.74, 6) is 2.68. The second-order valence-corrected chi connectivity index (χ2v) is 9.34. The third-order valence-corrected chi connectivity index (χ3v) is 5.68. The van der Waals surface area contributed by atoms with E-state index in [4.69, 9.17) is 4.99 Å². The molecule has 0 saturated carbocycles. The first-order valence-corrected chi connectivity index (χ1v) is 10.8. The van der Waals surface area contributed by atoms with Gasteiger partial charge < -0.3 is 15.2 Å². The van der Waals surface area contributed by atoms with E-state index in [1.54, 1.807) is 0 Å². The number of rotatable bonds is 8. The van der Waals surface area contributed by atoms with Crippen molar-refractivity contribution in [3.05, 3.63) is 11.6 Å². The number of likely N-dealkylation sites (tertiary alicyclic amines) is 1. The number of hydrogen-bond acceptors (Lipinski definition) is 4. The molecule has 160 valence electrons. The zero-order chi connectivity index (χ0) is 20.7. The van der Waals surface area contributed by atoms with E-state index in [9.17, 15) is 0 Å². The van der Waals surface area contributed by atoms with Gasteiger partial charge in [-0.1, -0.05) is 27.7 Å². The lowest BCUT2D eigenvalue weighted by Gasteiger charge is -2.26. The second kappa shape index (κ2) is 10.2. The van der Waals surface area contributed by atoms with Crippen molar-refractivity contribution in [2.45, 2.75) is 85.9 Å². The normalized spacial score (nSPS) is 19.8. The van der Waals surface area contributed by atoms with Gasteiger partial charge in [-0.2, -0.15) is 0 Å². The highest BCUT2D eigenvalue weighted by Gasteiger charge is 2.23. The first-order valence-electron chi connectivity index (χ1n) is 10.8. The summed E-state index contributed by atoms with van der Waals surface area (Å²) in [6.45, 7) is 17.1. The maximum absolute atomic E-state index is 4.82. The minimum Gasteiger partial charge on any atom is -0.355 e. The van der Waals surface area contributed by atoms with Crippen LogP contribution >= 0.6 is 0 Å². The Balaban J connectivity index is 1.99. The molecular formula is C21H41N7. The predicted octanol–water partition coefficient (Wildman–Crippen LogP) is 2.86. The largest absolute Gasteiger partial charge is 0.355 e. The molecule has 1 aromatic rings. The first kappa shape index (κ1) is 22.7.